The molecular formula is C16H16FN3O5. The van der Waals surface area contributed by atoms with Crippen LogP contribution in [0.1, 0.15) is 12.5 Å². The first-order valence-electron chi connectivity index (χ1n) is 7.65. The molecule has 2 aliphatic rings. The Labute approximate surface area is 142 Å². The second kappa shape index (κ2) is 6.15. The maximum atomic E-state index is 12.9. The van der Waals surface area contributed by atoms with Gasteiger partial charge in [-0.1, -0.05) is 12.1 Å². The summed E-state index contributed by atoms with van der Waals surface area (Å²) in [5.41, 5.74) is 0.586. The van der Waals surface area contributed by atoms with Crippen LogP contribution in [0.2, 0.25) is 0 Å². The van der Waals surface area contributed by atoms with Gasteiger partial charge in [0.25, 0.3) is 0 Å². The van der Waals surface area contributed by atoms with E-state index in [-0.39, 0.29) is 13.0 Å². The fourth-order valence-corrected chi connectivity index (χ4v) is 3.24. The first-order valence-corrected chi connectivity index (χ1v) is 7.65. The van der Waals surface area contributed by atoms with E-state index >= 15 is 0 Å². The molecule has 3 rings (SSSR count). The van der Waals surface area contributed by atoms with Crippen LogP contribution in [0.3, 0.4) is 0 Å². The molecule has 25 heavy (non-hydrogen) atoms. The summed E-state index contributed by atoms with van der Waals surface area (Å²) >= 11 is 0. The highest BCUT2D eigenvalue weighted by Gasteiger charge is 2.60. The normalized spacial score (nSPS) is 24.6. The molecule has 8 nitrogen and oxygen atoms in total. The second-order valence-electron chi connectivity index (χ2n) is 6.04. The van der Waals surface area contributed by atoms with Crippen molar-refractivity contribution in [1.29, 1.82) is 0 Å². The number of carbonyl (C=O) groups excluding carboxylic acids is 3. The van der Waals surface area contributed by atoms with Crippen molar-refractivity contribution in [2.24, 2.45) is 0 Å². The van der Waals surface area contributed by atoms with Gasteiger partial charge in [-0.25, -0.2) is 9.18 Å². The van der Waals surface area contributed by atoms with Crippen molar-refractivity contribution in [3.05, 3.63) is 35.6 Å². The Morgan fingerprint density at radius 1 is 1.28 bits per heavy atom. The van der Waals surface area contributed by atoms with Crippen molar-refractivity contribution in [3.63, 3.8) is 0 Å². The van der Waals surface area contributed by atoms with Gasteiger partial charge in [-0.05, 0) is 17.7 Å². The van der Waals surface area contributed by atoms with Crippen LogP contribution in [0, 0.1) is 5.82 Å². The smallest absolute Gasteiger partial charge is 0.347 e. The highest BCUT2D eigenvalue weighted by Crippen LogP contribution is 2.32. The zero-order chi connectivity index (χ0) is 18.3. The average Bonchev–Trinajstić information content (AvgIpc) is 2.91. The van der Waals surface area contributed by atoms with E-state index in [1.54, 1.807) is 0 Å². The Morgan fingerprint density at radius 2 is 1.92 bits per heavy atom. The molecule has 2 fully saturated rings. The molecule has 2 N–H and O–H groups in total. The van der Waals surface area contributed by atoms with Crippen molar-refractivity contribution in [2.45, 2.75) is 31.6 Å². The number of nitrogens with zero attached hydrogens (tertiary/aromatic N) is 2. The van der Waals surface area contributed by atoms with E-state index in [1.807, 2.05) is 0 Å². The summed E-state index contributed by atoms with van der Waals surface area (Å²) in [7, 11) is 0. The van der Waals surface area contributed by atoms with Gasteiger partial charge in [0.2, 0.25) is 23.9 Å². The zero-order valence-corrected chi connectivity index (χ0v) is 13.3. The number of carboxylic acids is 1. The van der Waals surface area contributed by atoms with Gasteiger partial charge < -0.3 is 20.2 Å². The Bertz CT molecular complexity index is 751. The minimum atomic E-state index is -1.33. The molecule has 2 aliphatic heterocycles. The number of rotatable bonds is 4. The zero-order valence-electron chi connectivity index (χ0n) is 13.3. The fraction of sp³-hybridized carbons (Fsp3) is 0.375. The molecule has 0 spiro atoms. The number of hydrogen-bond acceptors (Lipinski definition) is 4. The summed E-state index contributed by atoms with van der Waals surface area (Å²) in [5, 5.41) is 11.8. The molecule has 0 radical (unpaired) electrons. The van der Waals surface area contributed by atoms with E-state index in [4.69, 9.17) is 0 Å². The lowest BCUT2D eigenvalue weighted by atomic mass is 9.96. The van der Waals surface area contributed by atoms with Crippen LogP contribution in [-0.4, -0.2) is 63.4 Å². The minimum absolute atomic E-state index is 0.0322. The molecule has 1 aromatic rings. The monoisotopic (exact) mass is 349 g/mol. The maximum absolute atomic E-state index is 12.9. The third kappa shape index (κ3) is 2.92. The quantitative estimate of drug-likeness (QED) is 0.702. The van der Waals surface area contributed by atoms with Gasteiger partial charge in [0.15, 0.2) is 0 Å². The summed E-state index contributed by atoms with van der Waals surface area (Å²) in [4.78, 5) is 49.4. The van der Waals surface area contributed by atoms with Crippen LogP contribution < -0.4 is 5.32 Å². The second-order valence-corrected chi connectivity index (χ2v) is 6.04. The van der Waals surface area contributed by atoms with Gasteiger partial charge in [-0.2, -0.15) is 0 Å². The lowest BCUT2D eigenvalue weighted by Crippen LogP contribution is -2.71. The van der Waals surface area contributed by atoms with Crippen LogP contribution in [0.5, 0.6) is 0 Å². The average molecular weight is 349 g/mol. The standard InChI is InChI=1S/C16H16FN3O5/c1-8(21)19-7-11-13(15(23)20(11)14(19)16(24)25)18-12(22)6-9-2-4-10(17)5-3-9/h2-5,11,13-14H,6-7H2,1H3,(H,18,22)(H,24,25)/t11?,13-,14?/m1/s1. The predicted molar refractivity (Wildman–Crippen MR) is 81.5 cm³/mol. The molecule has 1 aromatic carbocycles. The van der Waals surface area contributed by atoms with Gasteiger partial charge >= 0.3 is 5.97 Å². The van der Waals surface area contributed by atoms with Crippen molar-refractivity contribution in [3.8, 4) is 0 Å². The molecular weight excluding hydrogens is 333 g/mol. The Morgan fingerprint density at radius 3 is 2.48 bits per heavy atom. The molecule has 0 aromatic heterocycles. The Kier molecular flexibility index (Phi) is 4.15. The highest BCUT2D eigenvalue weighted by atomic mass is 19.1. The molecule has 132 valence electrons. The number of carbonyl (C=O) groups is 4. The molecule has 3 atom stereocenters. The molecule has 2 heterocycles. The fourth-order valence-electron chi connectivity index (χ4n) is 3.24. The number of hydrogen-bond donors (Lipinski definition) is 2. The van der Waals surface area contributed by atoms with Crippen molar-refractivity contribution < 1.29 is 28.7 Å². The lowest BCUT2D eigenvalue weighted by molar-refractivity contribution is -0.165. The van der Waals surface area contributed by atoms with E-state index in [0.29, 0.717) is 5.56 Å². The third-order valence-electron chi connectivity index (χ3n) is 4.42. The molecule has 0 bridgehead atoms. The van der Waals surface area contributed by atoms with E-state index in [9.17, 15) is 28.7 Å². The molecule has 0 aliphatic carbocycles. The van der Waals surface area contributed by atoms with Crippen LogP contribution in [0.25, 0.3) is 0 Å². The Balaban J connectivity index is 1.66. The van der Waals surface area contributed by atoms with Gasteiger partial charge in [-0.3, -0.25) is 14.4 Å². The lowest BCUT2D eigenvalue weighted by Gasteiger charge is -2.43. The summed E-state index contributed by atoms with van der Waals surface area (Å²) < 4.78 is 12.9. The number of β-lactam (4-membered cyclic amide) rings is 1. The number of fused-ring (bicyclic) bond motifs is 1. The van der Waals surface area contributed by atoms with E-state index in [2.05, 4.69) is 5.32 Å². The van der Waals surface area contributed by atoms with E-state index in [1.165, 1.54) is 31.2 Å². The molecule has 2 unspecified atom stereocenters. The summed E-state index contributed by atoms with van der Waals surface area (Å²) in [6.45, 7) is 1.29. The minimum Gasteiger partial charge on any atom is -0.478 e. The van der Waals surface area contributed by atoms with Gasteiger partial charge in [0.1, 0.15) is 11.9 Å². The molecule has 9 heteroatoms. The van der Waals surface area contributed by atoms with Crippen molar-refractivity contribution >= 4 is 23.7 Å². The van der Waals surface area contributed by atoms with Crippen LogP contribution in [0.15, 0.2) is 24.3 Å². The first-order chi connectivity index (χ1) is 11.8. The topological polar surface area (TPSA) is 107 Å². The number of benzene rings is 1. The largest absolute Gasteiger partial charge is 0.478 e. The maximum Gasteiger partial charge on any atom is 0.347 e. The number of halogens is 1. The van der Waals surface area contributed by atoms with Crippen LogP contribution >= 0.6 is 0 Å². The Hall–Kier alpha value is -2.97. The molecule has 0 saturated carbocycles. The van der Waals surface area contributed by atoms with Crippen molar-refractivity contribution in [2.75, 3.05) is 6.54 Å². The number of carboxylic acid groups (broad SMARTS) is 1. The summed E-state index contributed by atoms with van der Waals surface area (Å²) in [6.07, 6.45) is -1.37. The predicted octanol–water partition coefficient (Wildman–Crippen LogP) is -0.663. The van der Waals surface area contributed by atoms with Crippen molar-refractivity contribution in [1.82, 2.24) is 15.1 Å². The van der Waals surface area contributed by atoms with Gasteiger partial charge in [-0.15, -0.1) is 0 Å². The summed E-state index contributed by atoms with van der Waals surface area (Å²) in [6, 6.07) is 3.99. The molecule has 3 amide bonds. The SMILES string of the molecule is CC(=O)N1CC2[C@@H](NC(=O)Cc3ccc(F)cc3)C(=O)N2C1C(=O)O. The van der Waals surface area contributed by atoms with Crippen LogP contribution in [0.4, 0.5) is 4.39 Å². The van der Waals surface area contributed by atoms with Gasteiger partial charge in [0.05, 0.1) is 12.5 Å². The third-order valence-corrected chi connectivity index (χ3v) is 4.42. The summed E-state index contributed by atoms with van der Waals surface area (Å²) in [5.74, 6) is -3.12. The first kappa shape index (κ1) is 16.9. The van der Waals surface area contributed by atoms with Crippen LogP contribution in [-0.2, 0) is 25.6 Å². The number of nitrogens with one attached hydrogen (secondary N) is 1. The number of aliphatic carboxylic acids is 1. The van der Waals surface area contributed by atoms with Gasteiger partial charge in [0, 0.05) is 13.5 Å². The van der Waals surface area contributed by atoms with E-state index in [0.717, 1.165) is 9.80 Å². The number of amides is 3. The highest BCUT2D eigenvalue weighted by molar-refractivity contribution is 5.98. The van der Waals surface area contributed by atoms with E-state index < -0.39 is 47.8 Å². The molecule has 2 saturated heterocycles.